The molecule has 7 nitrogen and oxygen atoms in total. The average Bonchev–Trinajstić information content (AvgIpc) is 3.15. The van der Waals surface area contributed by atoms with E-state index in [4.69, 9.17) is 9.26 Å². The van der Waals surface area contributed by atoms with E-state index in [-0.39, 0.29) is 23.6 Å². The molecule has 1 saturated heterocycles. The van der Waals surface area contributed by atoms with E-state index in [0.29, 0.717) is 25.4 Å². The topological polar surface area (TPSA) is 75.9 Å². The smallest absolute Gasteiger partial charge is 0.293 e. The molecule has 1 aromatic carbocycles. The fourth-order valence-electron chi connectivity index (χ4n) is 2.99. The number of nitrogens with zero attached hydrogens (tertiary/aromatic N) is 3. The molecule has 7 heteroatoms. The molecule has 2 aromatic rings. The highest BCUT2D eigenvalue weighted by atomic mass is 16.5. The number of hydrogen-bond acceptors (Lipinski definition) is 5. The van der Waals surface area contributed by atoms with Gasteiger partial charge >= 0.3 is 0 Å². The summed E-state index contributed by atoms with van der Waals surface area (Å²) in [4.78, 5) is 28.0. The summed E-state index contributed by atoms with van der Waals surface area (Å²) in [5.74, 6) is 0.614. The van der Waals surface area contributed by atoms with Crippen LogP contribution in [0.25, 0.3) is 0 Å². The van der Waals surface area contributed by atoms with Crippen molar-refractivity contribution in [2.75, 3.05) is 26.7 Å². The van der Waals surface area contributed by atoms with Crippen LogP contribution < -0.4 is 4.74 Å². The summed E-state index contributed by atoms with van der Waals surface area (Å²) in [7, 11) is 1.59. The number of piperazine rings is 1. The molecule has 126 valence electrons. The largest absolute Gasteiger partial charge is 0.496 e. The first-order valence-electron chi connectivity index (χ1n) is 7.72. The molecule has 1 atom stereocenters. The minimum atomic E-state index is -0.309. The van der Waals surface area contributed by atoms with E-state index in [1.54, 1.807) is 23.0 Å². The van der Waals surface area contributed by atoms with Crippen molar-refractivity contribution in [3.8, 4) is 5.75 Å². The zero-order valence-electron chi connectivity index (χ0n) is 13.6. The number of carbonyl (C=O) groups excluding carboxylic acids is 2. The Labute approximate surface area is 139 Å². The lowest BCUT2D eigenvalue weighted by molar-refractivity contribution is -0.131. The predicted molar refractivity (Wildman–Crippen MR) is 85.5 cm³/mol. The first kappa shape index (κ1) is 16.0. The number of benzene rings is 1. The SMILES string of the molecule is COc1ccccc1[C@H]1CN(C(C)=O)CCN1C(=O)c1ccno1. The van der Waals surface area contributed by atoms with Gasteiger partial charge in [-0.2, -0.15) is 0 Å². The lowest BCUT2D eigenvalue weighted by Crippen LogP contribution is -2.51. The van der Waals surface area contributed by atoms with Crippen LogP contribution in [0.4, 0.5) is 0 Å². The van der Waals surface area contributed by atoms with Crippen LogP contribution in [0.5, 0.6) is 5.75 Å². The van der Waals surface area contributed by atoms with Crippen molar-refractivity contribution in [3.63, 3.8) is 0 Å². The van der Waals surface area contributed by atoms with Gasteiger partial charge in [-0.05, 0) is 6.07 Å². The highest BCUT2D eigenvalue weighted by Gasteiger charge is 2.35. The van der Waals surface area contributed by atoms with Crippen LogP contribution in [0.1, 0.15) is 29.1 Å². The highest BCUT2D eigenvalue weighted by Crippen LogP contribution is 2.33. The zero-order chi connectivity index (χ0) is 17.1. The van der Waals surface area contributed by atoms with Gasteiger partial charge in [-0.25, -0.2) is 0 Å². The van der Waals surface area contributed by atoms with Crippen LogP contribution in [0.2, 0.25) is 0 Å². The molecule has 0 aliphatic carbocycles. The van der Waals surface area contributed by atoms with Crippen molar-refractivity contribution in [1.29, 1.82) is 0 Å². The fraction of sp³-hybridized carbons (Fsp3) is 0.353. The summed E-state index contributed by atoms with van der Waals surface area (Å²) in [5.41, 5.74) is 0.860. The second kappa shape index (κ2) is 6.74. The number of para-hydroxylation sites is 1. The van der Waals surface area contributed by atoms with Crippen molar-refractivity contribution in [2.24, 2.45) is 0 Å². The van der Waals surface area contributed by atoms with Crippen LogP contribution in [0.15, 0.2) is 41.1 Å². The van der Waals surface area contributed by atoms with E-state index in [0.717, 1.165) is 5.56 Å². The number of ether oxygens (including phenoxy) is 1. The molecule has 1 aliphatic rings. The Morgan fingerprint density at radius 1 is 1.25 bits per heavy atom. The van der Waals surface area contributed by atoms with Crippen molar-refractivity contribution in [1.82, 2.24) is 15.0 Å². The Kier molecular flexibility index (Phi) is 4.50. The molecule has 0 saturated carbocycles. The molecule has 0 N–H and O–H groups in total. The summed E-state index contributed by atoms with van der Waals surface area (Å²) in [6.07, 6.45) is 1.44. The second-order valence-electron chi connectivity index (χ2n) is 5.60. The number of carbonyl (C=O) groups is 2. The van der Waals surface area contributed by atoms with Crippen molar-refractivity contribution in [2.45, 2.75) is 13.0 Å². The standard InChI is InChI=1S/C17H19N3O4/c1-12(21)19-9-10-20(17(22)16-7-8-18-24-16)14(11-19)13-5-3-4-6-15(13)23-2/h3-8,14H,9-11H2,1-2H3/t14-/m1/s1. The van der Waals surface area contributed by atoms with Gasteiger partial charge in [0.05, 0.1) is 19.3 Å². The molecular weight excluding hydrogens is 310 g/mol. The maximum Gasteiger partial charge on any atom is 0.293 e. The second-order valence-corrected chi connectivity index (χ2v) is 5.60. The first-order chi connectivity index (χ1) is 11.6. The number of rotatable bonds is 3. The average molecular weight is 329 g/mol. The van der Waals surface area contributed by atoms with Crippen molar-refractivity contribution in [3.05, 3.63) is 47.9 Å². The summed E-state index contributed by atoms with van der Waals surface area (Å²) in [5, 5.41) is 3.60. The molecule has 0 spiro atoms. The Bertz CT molecular complexity index is 729. The predicted octanol–water partition coefficient (Wildman–Crippen LogP) is 1.73. The van der Waals surface area contributed by atoms with E-state index in [2.05, 4.69) is 5.16 Å². The molecule has 1 aromatic heterocycles. The van der Waals surface area contributed by atoms with Crippen molar-refractivity contribution < 1.29 is 18.8 Å². The van der Waals surface area contributed by atoms with Crippen molar-refractivity contribution >= 4 is 11.8 Å². The molecular formula is C17H19N3O4. The lowest BCUT2D eigenvalue weighted by Gasteiger charge is -2.41. The number of methoxy groups -OCH3 is 1. The highest BCUT2D eigenvalue weighted by molar-refractivity contribution is 5.92. The molecule has 0 radical (unpaired) electrons. The van der Waals surface area contributed by atoms with Gasteiger partial charge in [0, 0.05) is 38.2 Å². The van der Waals surface area contributed by atoms with E-state index in [9.17, 15) is 9.59 Å². The van der Waals surface area contributed by atoms with Gasteiger partial charge in [0.2, 0.25) is 11.7 Å². The number of aromatic nitrogens is 1. The minimum absolute atomic E-state index is 0.0123. The van der Waals surface area contributed by atoms with E-state index in [1.807, 2.05) is 24.3 Å². The van der Waals surface area contributed by atoms with Crippen LogP contribution in [0, 0.1) is 0 Å². The number of amides is 2. The molecule has 24 heavy (non-hydrogen) atoms. The van der Waals surface area contributed by atoms with Crippen LogP contribution in [-0.4, -0.2) is 53.5 Å². The Hall–Kier alpha value is -2.83. The van der Waals surface area contributed by atoms with Gasteiger partial charge in [0.1, 0.15) is 5.75 Å². The van der Waals surface area contributed by atoms with Crippen LogP contribution in [0.3, 0.4) is 0 Å². The van der Waals surface area contributed by atoms with E-state index < -0.39 is 0 Å². The molecule has 2 heterocycles. The summed E-state index contributed by atoms with van der Waals surface area (Å²) in [6, 6.07) is 8.75. The third-order valence-electron chi connectivity index (χ3n) is 4.23. The third kappa shape index (κ3) is 2.97. The van der Waals surface area contributed by atoms with Gasteiger partial charge in [-0.1, -0.05) is 23.4 Å². The Balaban J connectivity index is 1.97. The molecule has 0 bridgehead atoms. The first-order valence-corrected chi connectivity index (χ1v) is 7.72. The quantitative estimate of drug-likeness (QED) is 0.857. The van der Waals surface area contributed by atoms with E-state index in [1.165, 1.54) is 13.1 Å². The Morgan fingerprint density at radius 2 is 2.04 bits per heavy atom. The van der Waals surface area contributed by atoms with Gasteiger partial charge in [-0.3, -0.25) is 9.59 Å². The zero-order valence-corrected chi connectivity index (χ0v) is 13.6. The third-order valence-corrected chi connectivity index (χ3v) is 4.23. The molecule has 0 unspecified atom stereocenters. The monoisotopic (exact) mass is 329 g/mol. The van der Waals surface area contributed by atoms with Gasteiger partial charge in [0.15, 0.2) is 0 Å². The minimum Gasteiger partial charge on any atom is -0.496 e. The maximum atomic E-state index is 12.8. The molecule has 3 rings (SSSR count). The Morgan fingerprint density at radius 3 is 2.71 bits per heavy atom. The van der Waals surface area contributed by atoms with Gasteiger partial charge in [-0.15, -0.1) is 0 Å². The number of hydrogen-bond donors (Lipinski definition) is 0. The molecule has 1 fully saturated rings. The lowest BCUT2D eigenvalue weighted by atomic mass is 10.0. The van der Waals surface area contributed by atoms with E-state index >= 15 is 0 Å². The van der Waals surface area contributed by atoms with Gasteiger partial charge < -0.3 is 19.1 Å². The van der Waals surface area contributed by atoms with Crippen LogP contribution >= 0.6 is 0 Å². The van der Waals surface area contributed by atoms with Gasteiger partial charge in [0.25, 0.3) is 5.91 Å². The van der Waals surface area contributed by atoms with Crippen LogP contribution in [-0.2, 0) is 4.79 Å². The maximum absolute atomic E-state index is 12.8. The molecule has 1 aliphatic heterocycles. The summed E-state index contributed by atoms with van der Waals surface area (Å²) in [6.45, 7) is 2.85. The summed E-state index contributed by atoms with van der Waals surface area (Å²) >= 11 is 0. The molecule has 2 amide bonds. The summed E-state index contributed by atoms with van der Waals surface area (Å²) < 4.78 is 10.4. The normalized spacial score (nSPS) is 17.7. The fourth-order valence-corrected chi connectivity index (χ4v) is 2.99.